The maximum Gasteiger partial charge on any atom is 0.241 e. The second kappa shape index (κ2) is 13.1. The van der Waals surface area contributed by atoms with E-state index in [1.165, 1.54) is 0 Å². The number of piperazine rings is 1. The molecule has 33 heavy (non-hydrogen) atoms. The monoisotopic (exact) mass is 523 g/mol. The van der Waals surface area contributed by atoms with E-state index in [-0.39, 0.29) is 55.1 Å². The zero-order valence-corrected chi connectivity index (χ0v) is 21.6. The molecule has 3 heterocycles. The molecule has 0 aromatic heterocycles. The Balaban J connectivity index is 0.00000181. The minimum absolute atomic E-state index is 0. The predicted octanol–water partition coefficient (Wildman–Crippen LogP) is 1.25. The van der Waals surface area contributed by atoms with E-state index in [0.29, 0.717) is 25.2 Å². The van der Waals surface area contributed by atoms with Crippen molar-refractivity contribution in [3.8, 4) is 0 Å². The van der Waals surface area contributed by atoms with Crippen molar-refractivity contribution in [1.82, 2.24) is 15.1 Å². The summed E-state index contributed by atoms with van der Waals surface area (Å²) in [4.78, 5) is 31.7. The number of nitrogens with one attached hydrogen (secondary N) is 1. The van der Waals surface area contributed by atoms with Crippen LogP contribution in [0.2, 0.25) is 0 Å². The summed E-state index contributed by atoms with van der Waals surface area (Å²) >= 11 is 0. The summed E-state index contributed by atoms with van der Waals surface area (Å²) in [6.45, 7) is 10.1. The van der Waals surface area contributed by atoms with Gasteiger partial charge in [-0.2, -0.15) is 0 Å². The summed E-state index contributed by atoms with van der Waals surface area (Å²) in [7, 11) is 0. The van der Waals surface area contributed by atoms with Crippen LogP contribution in [0.4, 0.5) is 5.69 Å². The molecule has 3 aliphatic rings. The molecule has 4 rings (SSSR count). The lowest BCUT2D eigenvalue weighted by atomic mass is 10.0. The Kier molecular flexibility index (Phi) is 11.9. The quantitative estimate of drug-likeness (QED) is 0.602. The molecule has 3 aliphatic heterocycles. The van der Waals surface area contributed by atoms with Gasteiger partial charge in [0, 0.05) is 56.5 Å². The lowest BCUT2D eigenvalue weighted by Gasteiger charge is -2.43. The fourth-order valence-corrected chi connectivity index (χ4v) is 4.85. The van der Waals surface area contributed by atoms with Gasteiger partial charge in [0.2, 0.25) is 11.8 Å². The van der Waals surface area contributed by atoms with Crippen LogP contribution in [0, 0.1) is 0 Å². The van der Waals surface area contributed by atoms with Crippen molar-refractivity contribution < 1.29 is 14.3 Å². The van der Waals surface area contributed by atoms with Gasteiger partial charge in [0.25, 0.3) is 0 Å². The number of hydrogen-bond donors (Lipinski definition) is 2. The molecule has 0 bridgehead atoms. The zero-order valence-electron chi connectivity index (χ0n) is 19.1. The normalized spacial score (nSPS) is 27.5. The van der Waals surface area contributed by atoms with Gasteiger partial charge < -0.3 is 20.7 Å². The number of primary amides is 1. The Morgan fingerprint density at radius 2 is 1.85 bits per heavy atom. The molecular weight excluding hydrogens is 489 g/mol. The molecular formula is C22H36Cl3N5O3. The van der Waals surface area contributed by atoms with Crippen LogP contribution in [0.1, 0.15) is 25.3 Å². The first-order chi connectivity index (χ1) is 14.4. The second-order valence-corrected chi connectivity index (χ2v) is 8.83. The number of halogens is 3. The van der Waals surface area contributed by atoms with Gasteiger partial charge >= 0.3 is 0 Å². The van der Waals surface area contributed by atoms with Gasteiger partial charge in [0.1, 0.15) is 0 Å². The summed E-state index contributed by atoms with van der Waals surface area (Å²) in [5, 5.41) is 3.56. The van der Waals surface area contributed by atoms with Crippen molar-refractivity contribution in [2.24, 2.45) is 5.73 Å². The van der Waals surface area contributed by atoms with Gasteiger partial charge in [0.05, 0.1) is 25.7 Å². The van der Waals surface area contributed by atoms with Crippen molar-refractivity contribution in [3.63, 3.8) is 0 Å². The van der Waals surface area contributed by atoms with Gasteiger partial charge in [-0.25, -0.2) is 0 Å². The lowest BCUT2D eigenvalue weighted by molar-refractivity contribution is -0.121. The number of benzene rings is 1. The average molecular weight is 525 g/mol. The number of nitrogens with two attached hydrogens (primary N) is 1. The van der Waals surface area contributed by atoms with Gasteiger partial charge in [-0.3, -0.25) is 19.4 Å². The summed E-state index contributed by atoms with van der Waals surface area (Å²) in [5.41, 5.74) is 7.27. The Morgan fingerprint density at radius 3 is 2.55 bits per heavy atom. The number of carbonyl (C=O) groups is 2. The van der Waals surface area contributed by atoms with Crippen LogP contribution in [0.3, 0.4) is 0 Å². The number of carbonyl (C=O) groups excluding carboxylic acids is 2. The van der Waals surface area contributed by atoms with Crippen LogP contribution < -0.4 is 16.0 Å². The van der Waals surface area contributed by atoms with Crippen molar-refractivity contribution in [1.29, 1.82) is 0 Å². The van der Waals surface area contributed by atoms with Crippen molar-refractivity contribution in [2.45, 2.75) is 37.9 Å². The third-order valence-corrected chi connectivity index (χ3v) is 6.63. The van der Waals surface area contributed by atoms with Gasteiger partial charge in [-0.15, -0.1) is 37.2 Å². The van der Waals surface area contributed by atoms with Crippen molar-refractivity contribution in [2.75, 3.05) is 57.4 Å². The molecule has 2 fully saturated rings. The van der Waals surface area contributed by atoms with E-state index in [1.54, 1.807) is 4.90 Å². The molecule has 3 N–H and O–H groups in total. The highest BCUT2D eigenvalue weighted by atomic mass is 35.5. The van der Waals surface area contributed by atoms with Crippen LogP contribution in [0.15, 0.2) is 24.3 Å². The highest BCUT2D eigenvalue weighted by Crippen LogP contribution is 2.36. The number of rotatable bonds is 5. The summed E-state index contributed by atoms with van der Waals surface area (Å²) in [6, 6.07) is 8.57. The minimum atomic E-state index is -0.433. The van der Waals surface area contributed by atoms with Crippen LogP contribution in [-0.4, -0.2) is 92.2 Å². The van der Waals surface area contributed by atoms with Crippen LogP contribution in [0.5, 0.6) is 0 Å². The molecule has 0 aliphatic carbocycles. The molecule has 4 atom stereocenters. The molecule has 0 radical (unpaired) electrons. The maximum absolute atomic E-state index is 13.3. The summed E-state index contributed by atoms with van der Waals surface area (Å²) < 4.78 is 5.57. The maximum atomic E-state index is 13.3. The largest absolute Gasteiger partial charge is 0.379 e. The predicted molar refractivity (Wildman–Crippen MR) is 137 cm³/mol. The third kappa shape index (κ3) is 6.72. The van der Waals surface area contributed by atoms with E-state index < -0.39 is 5.92 Å². The molecule has 188 valence electrons. The standard InChI is InChI=1S/C22H33N5O3.3ClH/c1-15-10-26(17(9-24-15)11-25-7-8-30-14-16(25)2)13-21(28)27-12-19(22(23)29)18-5-3-4-6-20(18)27;;;/h3-6,15-17,19,24H,7-14H2,1-2H3,(H2,23,29);3*1H/t15-,16-,17-,19?;;;/m1.../s1. The molecule has 1 unspecified atom stereocenters. The van der Waals surface area contributed by atoms with Gasteiger partial charge in [-0.05, 0) is 25.5 Å². The Hall–Kier alpha value is -1.13. The average Bonchev–Trinajstić information content (AvgIpc) is 3.12. The van der Waals surface area contributed by atoms with E-state index in [4.69, 9.17) is 10.5 Å². The molecule has 2 amide bonds. The molecule has 0 spiro atoms. The minimum Gasteiger partial charge on any atom is -0.379 e. The highest BCUT2D eigenvalue weighted by molar-refractivity contribution is 6.00. The fourth-order valence-electron chi connectivity index (χ4n) is 4.85. The Bertz CT molecular complexity index is 802. The van der Waals surface area contributed by atoms with Crippen molar-refractivity contribution in [3.05, 3.63) is 29.8 Å². The number of hydrogen-bond acceptors (Lipinski definition) is 6. The first-order valence-electron chi connectivity index (χ1n) is 10.9. The molecule has 11 heteroatoms. The first-order valence-corrected chi connectivity index (χ1v) is 10.9. The van der Waals surface area contributed by atoms with E-state index in [9.17, 15) is 9.59 Å². The van der Waals surface area contributed by atoms with E-state index in [2.05, 4.69) is 29.0 Å². The van der Waals surface area contributed by atoms with E-state index >= 15 is 0 Å². The molecule has 8 nitrogen and oxygen atoms in total. The third-order valence-electron chi connectivity index (χ3n) is 6.63. The number of morpholine rings is 1. The van der Waals surface area contributed by atoms with Crippen LogP contribution >= 0.6 is 37.2 Å². The van der Waals surface area contributed by atoms with E-state index in [0.717, 1.165) is 50.6 Å². The number of para-hydroxylation sites is 1. The second-order valence-electron chi connectivity index (χ2n) is 8.83. The first kappa shape index (κ1) is 29.9. The lowest BCUT2D eigenvalue weighted by Crippen LogP contribution is -2.62. The number of anilines is 1. The van der Waals surface area contributed by atoms with E-state index in [1.807, 2.05) is 24.3 Å². The molecule has 1 aromatic rings. The summed E-state index contributed by atoms with van der Waals surface area (Å²) in [6.07, 6.45) is 0. The topological polar surface area (TPSA) is 91.1 Å². The smallest absolute Gasteiger partial charge is 0.241 e. The van der Waals surface area contributed by atoms with Crippen LogP contribution in [0.25, 0.3) is 0 Å². The van der Waals surface area contributed by atoms with Gasteiger partial charge in [-0.1, -0.05) is 18.2 Å². The highest BCUT2D eigenvalue weighted by Gasteiger charge is 2.37. The molecule has 2 saturated heterocycles. The fraction of sp³-hybridized carbons (Fsp3) is 0.636. The molecule has 1 aromatic carbocycles. The van der Waals surface area contributed by atoms with Crippen molar-refractivity contribution >= 4 is 54.7 Å². The number of ether oxygens (including phenoxy) is 1. The zero-order chi connectivity index (χ0) is 21.3. The SMILES string of the molecule is C[C@@H]1CN(CC(=O)N2CC(C(N)=O)c3ccccc32)[C@@H](CN2CCOC[C@H]2C)CN1.Cl.Cl.Cl. The Labute approximate surface area is 214 Å². The van der Waals surface area contributed by atoms with Crippen LogP contribution in [-0.2, 0) is 14.3 Å². The number of fused-ring (bicyclic) bond motifs is 1. The Morgan fingerprint density at radius 1 is 1.12 bits per heavy atom. The number of amides is 2. The van der Waals surface area contributed by atoms with Gasteiger partial charge in [0.15, 0.2) is 0 Å². The summed E-state index contributed by atoms with van der Waals surface area (Å²) in [5.74, 6) is -0.787. The molecule has 0 saturated carbocycles. The number of nitrogens with zero attached hydrogens (tertiary/aromatic N) is 3.